The summed E-state index contributed by atoms with van der Waals surface area (Å²) >= 11 is 0. The van der Waals surface area contributed by atoms with Crippen LogP contribution >= 0.6 is 0 Å². The summed E-state index contributed by atoms with van der Waals surface area (Å²) in [5.74, 6) is -1.16. The quantitative estimate of drug-likeness (QED) is 0.674. The van der Waals surface area contributed by atoms with Crippen LogP contribution in [0.2, 0.25) is 0 Å². The zero-order valence-corrected chi connectivity index (χ0v) is 10.1. The summed E-state index contributed by atoms with van der Waals surface area (Å²) in [4.78, 5) is 22.8. The average molecular weight is 253 g/mol. The Hall–Kier alpha value is -2.11. The van der Waals surface area contributed by atoms with Crippen molar-refractivity contribution in [3.05, 3.63) is 29.6 Å². The monoisotopic (exact) mass is 253 g/mol. The number of hydrogen-bond donors (Lipinski definition) is 3. The second kappa shape index (κ2) is 6.58. The molecule has 0 spiro atoms. The van der Waals surface area contributed by atoms with Gasteiger partial charge in [0, 0.05) is 30.8 Å². The van der Waals surface area contributed by atoms with Crippen LogP contribution in [0, 0.1) is 5.82 Å². The first kappa shape index (κ1) is 14.0. The molecule has 0 saturated carbocycles. The van der Waals surface area contributed by atoms with E-state index in [4.69, 9.17) is 5.73 Å². The molecule has 0 radical (unpaired) electrons. The number of carbonyl (C=O) groups excluding carboxylic acids is 2. The SMILES string of the molecule is CCNC(=O)CCNC(=O)c1cc(N)cc(F)c1. The van der Waals surface area contributed by atoms with Crippen LogP contribution < -0.4 is 16.4 Å². The van der Waals surface area contributed by atoms with Gasteiger partial charge in [-0.2, -0.15) is 0 Å². The van der Waals surface area contributed by atoms with Crippen LogP contribution in [0.4, 0.5) is 10.1 Å². The average Bonchev–Trinajstić information content (AvgIpc) is 2.27. The highest BCUT2D eigenvalue weighted by Gasteiger charge is 2.08. The zero-order valence-electron chi connectivity index (χ0n) is 10.1. The van der Waals surface area contributed by atoms with Crippen LogP contribution in [0.15, 0.2) is 18.2 Å². The molecule has 1 aromatic carbocycles. The van der Waals surface area contributed by atoms with E-state index >= 15 is 0 Å². The van der Waals surface area contributed by atoms with Gasteiger partial charge < -0.3 is 16.4 Å². The van der Waals surface area contributed by atoms with E-state index in [0.29, 0.717) is 6.54 Å². The summed E-state index contributed by atoms with van der Waals surface area (Å²) in [6, 6.07) is 3.60. The van der Waals surface area contributed by atoms with Gasteiger partial charge in [0.1, 0.15) is 5.82 Å². The number of nitrogen functional groups attached to an aromatic ring is 1. The van der Waals surface area contributed by atoms with Gasteiger partial charge in [0.05, 0.1) is 0 Å². The number of hydrogen-bond acceptors (Lipinski definition) is 3. The zero-order chi connectivity index (χ0) is 13.5. The van der Waals surface area contributed by atoms with Crippen LogP contribution in [0.1, 0.15) is 23.7 Å². The maximum atomic E-state index is 13.0. The Morgan fingerprint density at radius 1 is 1.28 bits per heavy atom. The van der Waals surface area contributed by atoms with Gasteiger partial charge in [0.15, 0.2) is 0 Å². The van der Waals surface area contributed by atoms with Crippen molar-refractivity contribution in [2.24, 2.45) is 0 Å². The first-order valence-electron chi connectivity index (χ1n) is 5.64. The van der Waals surface area contributed by atoms with E-state index in [1.165, 1.54) is 6.07 Å². The number of nitrogens with two attached hydrogens (primary N) is 1. The molecule has 98 valence electrons. The minimum absolute atomic E-state index is 0.142. The van der Waals surface area contributed by atoms with Crippen molar-refractivity contribution in [3.63, 3.8) is 0 Å². The van der Waals surface area contributed by atoms with E-state index in [1.807, 2.05) is 6.92 Å². The van der Waals surface area contributed by atoms with Crippen molar-refractivity contribution in [3.8, 4) is 0 Å². The minimum atomic E-state index is -0.566. The van der Waals surface area contributed by atoms with E-state index < -0.39 is 11.7 Å². The van der Waals surface area contributed by atoms with Crippen molar-refractivity contribution < 1.29 is 14.0 Å². The molecule has 4 N–H and O–H groups in total. The van der Waals surface area contributed by atoms with E-state index in [-0.39, 0.29) is 30.1 Å². The normalized spacial score (nSPS) is 9.89. The van der Waals surface area contributed by atoms with Gasteiger partial charge >= 0.3 is 0 Å². The molecule has 2 amide bonds. The van der Waals surface area contributed by atoms with E-state index in [9.17, 15) is 14.0 Å². The fourth-order valence-electron chi connectivity index (χ4n) is 1.42. The maximum absolute atomic E-state index is 13.0. The summed E-state index contributed by atoms with van der Waals surface area (Å²) in [6.45, 7) is 2.56. The number of carbonyl (C=O) groups is 2. The molecule has 0 bridgehead atoms. The van der Waals surface area contributed by atoms with E-state index in [2.05, 4.69) is 10.6 Å². The maximum Gasteiger partial charge on any atom is 0.251 e. The van der Waals surface area contributed by atoms with Crippen molar-refractivity contribution in [1.82, 2.24) is 10.6 Å². The smallest absolute Gasteiger partial charge is 0.251 e. The molecular weight excluding hydrogens is 237 g/mol. The molecule has 0 atom stereocenters. The Balaban J connectivity index is 2.48. The lowest BCUT2D eigenvalue weighted by atomic mass is 10.2. The number of anilines is 1. The molecule has 0 aromatic heterocycles. The number of rotatable bonds is 5. The molecule has 0 saturated heterocycles. The topological polar surface area (TPSA) is 84.2 Å². The first-order valence-corrected chi connectivity index (χ1v) is 5.64. The fourth-order valence-corrected chi connectivity index (χ4v) is 1.42. The molecular formula is C12H16FN3O2. The van der Waals surface area contributed by atoms with Crippen LogP contribution in [-0.4, -0.2) is 24.9 Å². The Kier molecular flexibility index (Phi) is 5.10. The lowest BCUT2D eigenvalue weighted by molar-refractivity contribution is -0.120. The fraction of sp³-hybridized carbons (Fsp3) is 0.333. The Bertz CT molecular complexity index is 429. The third kappa shape index (κ3) is 4.40. The lowest BCUT2D eigenvalue weighted by Gasteiger charge is -2.06. The van der Waals surface area contributed by atoms with Crippen molar-refractivity contribution in [2.75, 3.05) is 18.8 Å². The number of nitrogens with one attached hydrogen (secondary N) is 2. The largest absolute Gasteiger partial charge is 0.399 e. The second-order valence-electron chi connectivity index (χ2n) is 3.73. The van der Waals surface area contributed by atoms with Gasteiger partial charge in [0.2, 0.25) is 5.91 Å². The molecule has 0 aliphatic carbocycles. The summed E-state index contributed by atoms with van der Waals surface area (Å²) < 4.78 is 13.0. The molecule has 0 unspecified atom stereocenters. The third-order valence-corrected chi connectivity index (χ3v) is 2.19. The highest BCUT2D eigenvalue weighted by molar-refractivity contribution is 5.95. The second-order valence-corrected chi connectivity index (χ2v) is 3.73. The molecule has 5 nitrogen and oxygen atoms in total. The number of amides is 2. The first-order chi connectivity index (χ1) is 8.52. The van der Waals surface area contributed by atoms with Gasteiger partial charge in [-0.05, 0) is 25.1 Å². The standard InChI is InChI=1S/C12H16FN3O2/c1-2-15-11(17)3-4-16-12(18)8-5-9(13)7-10(14)6-8/h5-7H,2-4,14H2,1H3,(H,15,17)(H,16,18). The van der Waals surface area contributed by atoms with Crippen molar-refractivity contribution >= 4 is 17.5 Å². The molecule has 0 fully saturated rings. The van der Waals surface area contributed by atoms with Crippen LogP contribution in [-0.2, 0) is 4.79 Å². The molecule has 1 rings (SSSR count). The Labute approximate surface area is 105 Å². The van der Waals surface area contributed by atoms with Gasteiger partial charge in [-0.15, -0.1) is 0 Å². The predicted molar refractivity (Wildman–Crippen MR) is 66.4 cm³/mol. The lowest BCUT2D eigenvalue weighted by Crippen LogP contribution is -2.30. The molecule has 0 heterocycles. The minimum Gasteiger partial charge on any atom is -0.399 e. The molecule has 0 aliphatic rings. The highest BCUT2D eigenvalue weighted by atomic mass is 19.1. The van der Waals surface area contributed by atoms with Gasteiger partial charge in [-0.1, -0.05) is 0 Å². The Morgan fingerprint density at radius 3 is 2.61 bits per heavy atom. The van der Waals surface area contributed by atoms with Crippen molar-refractivity contribution in [2.45, 2.75) is 13.3 Å². The Morgan fingerprint density at radius 2 is 2.00 bits per heavy atom. The molecule has 18 heavy (non-hydrogen) atoms. The molecule has 0 aliphatic heterocycles. The molecule has 6 heteroatoms. The summed E-state index contributed by atoms with van der Waals surface area (Å²) in [7, 11) is 0. The van der Waals surface area contributed by atoms with Gasteiger partial charge in [-0.3, -0.25) is 9.59 Å². The predicted octanol–water partition coefficient (Wildman–Crippen LogP) is 0.664. The van der Waals surface area contributed by atoms with Crippen LogP contribution in [0.3, 0.4) is 0 Å². The van der Waals surface area contributed by atoms with E-state index in [1.54, 1.807) is 0 Å². The third-order valence-electron chi connectivity index (χ3n) is 2.19. The molecule has 1 aromatic rings. The van der Waals surface area contributed by atoms with Crippen molar-refractivity contribution in [1.29, 1.82) is 0 Å². The van der Waals surface area contributed by atoms with Crippen LogP contribution in [0.5, 0.6) is 0 Å². The van der Waals surface area contributed by atoms with Gasteiger partial charge in [0.25, 0.3) is 5.91 Å². The van der Waals surface area contributed by atoms with Gasteiger partial charge in [-0.25, -0.2) is 4.39 Å². The van der Waals surface area contributed by atoms with Crippen LogP contribution in [0.25, 0.3) is 0 Å². The highest BCUT2D eigenvalue weighted by Crippen LogP contribution is 2.10. The number of halogens is 1. The van der Waals surface area contributed by atoms with E-state index in [0.717, 1.165) is 12.1 Å². The summed E-state index contributed by atoms with van der Waals surface area (Å²) in [6.07, 6.45) is 0.185. The number of benzene rings is 1. The summed E-state index contributed by atoms with van der Waals surface area (Å²) in [5, 5.41) is 5.13. The summed E-state index contributed by atoms with van der Waals surface area (Å²) in [5.41, 5.74) is 5.76.